The van der Waals surface area contributed by atoms with Crippen molar-refractivity contribution in [1.29, 1.82) is 0 Å². The van der Waals surface area contributed by atoms with Crippen LogP contribution < -0.4 is 14.8 Å². The molecule has 0 unspecified atom stereocenters. The number of methoxy groups -OCH3 is 2. The van der Waals surface area contributed by atoms with Gasteiger partial charge in [0.1, 0.15) is 6.54 Å². The van der Waals surface area contributed by atoms with E-state index in [9.17, 15) is 9.59 Å². The van der Waals surface area contributed by atoms with Crippen LogP contribution in [-0.2, 0) is 4.79 Å². The van der Waals surface area contributed by atoms with Crippen LogP contribution in [0.3, 0.4) is 0 Å². The molecule has 1 saturated carbocycles. The Balaban J connectivity index is 1.45. The first kappa shape index (κ1) is 25.4. The SMILES string of the molecule is COc1ccc(-n2cc(-c3ccc(Cl)cc3)nc2NC(=O)CN(CC2CC2)C(=O)c2ccco2)cc1OC. The molecule has 0 bridgehead atoms. The van der Waals surface area contributed by atoms with Gasteiger partial charge < -0.3 is 18.8 Å². The van der Waals surface area contributed by atoms with Crippen molar-refractivity contribution < 1.29 is 23.5 Å². The van der Waals surface area contributed by atoms with Gasteiger partial charge in [-0.2, -0.15) is 0 Å². The molecule has 4 aromatic rings. The molecule has 0 atom stereocenters. The van der Waals surface area contributed by atoms with Gasteiger partial charge in [0.25, 0.3) is 5.91 Å². The second-order valence-electron chi connectivity index (χ2n) is 9.02. The first-order chi connectivity index (χ1) is 18.4. The average Bonchev–Trinajstić information content (AvgIpc) is 3.39. The highest BCUT2D eigenvalue weighted by molar-refractivity contribution is 6.30. The number of aromatic nitrogens is 2. The van der Waals surface area contributed by atoms with E-state index in [2.05, 4.69) is 5.32 Å². The van der Waals surface area contributed by atoms with Crippen LogP contribution in [0, 0.1) is 5.92 Å². The Hall–Kier alpha value is -4.24. The number of nitrogens with one attached hydrogen (secondary N) is 1. The zero-order valence-electron chi connectivity index (χ0n) is 21.0. The fourth-order valence-corrected chi connectivity index (χ4v) is 4.25. The number of carbonyl (C=O) groups is 2. The highest BCUT2D eigenvalue weighted by Crippen LogP contribution is 2.33. The van der Waals surface area contributed by atoms with Crippen molar-refractivity contribution in [3.63, 3.8) is 0 Å². The molecule has 9 nitrogen and oxygen atoms in total. The fraction of sp³-hybridized carbons (Fsp3) is 0.250. The Morgan fingerprint density at radius 2 is 1.87 bits per heavy atom. The molecule has 38 heavy (non-hydrogen) atoms. The van der Waals surface area contributed by atoms with Crippen molar-refractivity contribution in [2.45, 2.75) is 12.8 Å². The summed E-state index contributed by atoms with van der Waals surface area (Å²) < 4.78 is 17.9. The number of nitrogens with zero attached hydrogens (tertiary/aromatic N) is 3. The predicted molar refractivity (Wildman–Crippen MR) is 143 cm³/mol. The lowest BCUT2D eigenvalue weighted by Crippen LogP contribution is -2.39. The summed E-state index contributed by atoms with van der Waals surface area (Å²) >= 11 is 6.07. The molecule has 0 spiro atoms. The summed E-state index contributed by atoms with van der Waals surface area (Å²) in [5, 5.41) is 3.50. The first-order valence-electron chi connectivity index (χ1n) is 12.2. The van der Waals surface area contributed by atoms with Crippen LogP contribution >= 0.6 is 11.6 Å². The third kappa shape index (κ3) is 5.68. The van der Waals surface area contributed by atoms with Gasteiger partial charge in [-0.25, -0.2) is 4.98 Å². The first-order valence-corrected chi connectivity index (χ1v) is 12.5. The van der Waals surface area contributed by atoms with Crippen molar-refractivity contribution in [1.82, 2.24) is 14.5 Å². The van der Waals surface area contributed by atoms with Crippen LogP contribution in [0.25, 0.3) is 16.9 Å². The molecule has 196 valence electrons. The van der Waals surface area contributed by atoms with E-state index in [1.807, 2.05) is 24.4 Å². The van der Waals surface area contributed by atoms with Crippen molar-refractivity contribution in [2.24, 2.45) is 5.92 Å². The van der Waals surface area contributed by atoms with E-state index in [0.717, 1.165) is 18.4 Å². The number of rotatable bonds is 10. The number of ether oxygens (including phenoxy) is 2. The fourth-order valence-electron chi connectivity index (χ4n) is 4.12. The molecule has 1 fully saturated rings. The van der Waals surface area contributed by atoms with Gasteiger partial charge in [-0.3, -0.25) is 19.5 Å². The van der Waals surface area contributed by atoms with Crippen LogP contribution in [0.1, 0.15) is 23.4 Å². The van der Waals surface area contributed by atoms with E-state index in [4.69, 9.17) is 30.5 Å². The molecule has 0 radical (unpaired) electrons. The minimum absolute atomic E-state index is 0.134. The summed E-state index contributed by atoms with van der Waals surface area (Å²) in [6, 6.07) is 15.9. The molecule has 1 aliphatic rings. The minimum atomic E-state index is -0.375. The summed E-state index contributed by atoms with van der Waals surface area (Å²) in [7, 11) is 3.12. The van der Waals surface area contributed by atoms with Crippen LogP contribution in [0.15, 0.2) is 71.5 Å². The Bertz CT molecular complexity index is 1430. The van der Waals surface area contributed by atoms with Crippen LogP contribution in [-0.4, -0.2) is 53.6 Å². The summed E-state index contributed by atoms with van der Waals surface area (Å²) in [5.41, 5.74) is 2.16. The van der Waals surface area contributed by atoms with Gasteiger partial charge in [0.15, 0.2) is 17.3 Å². The van der Waals surface area contributed by atoms with Crippen molar-refractivity contribution in [2.75, 3.05) is 32.6 Å². The number of benzene rings is 2. The maximum atomic E-state index is 13.2. The Morgan fingerprint density at radius 3 is 2.53 bits per heavy atom. The Kier molecular flexibility index (Phi) is 7.37. The number of anilines is 1. The van der Waals surface area contributed by atoms with Crippen LogP contribution in [0.5, 0.6) is 11.5 Å². The molecular formula is C28H27ClN4O5. The smallest absolute Gasteiger partial charge is 0.290 e. The van der Waals surface area contributed by atoms with Gasteiger partial charge in [-0.05, 0) is 55.2 Å². The number of imidazole rings is 1. The van der Waals surface area contributed by atoms with E-state index in [-0.39, 0.29) is 24.1 Å². The highest BCUT2D eigenvalue weighted by atomic mass is 35.5. The number of halogens is 1. The van der Waals surface area contributed by atoms with Crippen LogP contribution in [0.4, 0.5) is 5.95 Å². The quantitative estimate of drug-likeness (QED) is 0.297. The predicted octanol–water partition coefficient (Wildman–Crippen LogP) is 5.29. The molecule has 2 aromatic carbocycles. The summed E-state index contributed by atoms with van der Waals surface area (Å²) in [4.78, 5) is 32.5. The minimum Gasteiger partial charge on any atom is -0.493 e. The second-order valence-corrected chi connectivity index (χ2v) is 9.46. The van der Waals surface area contributed by atoms with Gasteiger partial charge in [0.2, 0.25) is 11.9 Å². The van der Waals surface area contributed by atoms with Crippen molar-refractivity contribution >= 4 is 29.4 Å². The van der Waals surface area contributed by atoms with Crippen LogP contribution in [0.2, 0.25) is 5.02 Å². The van der Waals surface area contributed by atoms with E-state index < -0.39 is 0 Å². The molecule has 1 N–H and O–H groups in total. The Labute approximate surface area is 224 Å². The molecule has 0 saturated heterocycles. The van der Waals surface area contributed by atoms with Crippen molar-refractivity contribution in [3.05, 3.63) is 77.8 Å². The molecule has 10 heteroatoms. The monoisotopic (exact) mass is 534 g/mol. The van der Waals surface area contributed by atoms with Gasteiger partial charge in [0.05, 0.1) is 31.9 Å². The van der Waals surface area contributed by atoms with E-state index >= 15 is 0 Å². The average molecular weight is 535 g/mol. The van der Waals surface area contributed by atoms with E-state index in [1.165, 1.54) is 11.2 Å². The van der Waals surface area contributed by atoms with Gasteiger partial charge in [0, 0.05) is 29.4 Å². The summed E-state index contributed by atoms with van der Waals surface area (Å²) in [6.45, 7) is 0.359. The van der Waals surface area contributed by atoms with Gasteiger partial charge in [-0.1, -0.05) is 23.7 Å². The lowest BCUT2D eigenvalue weighted by molar-refractivity contribution is -0.117. The maximum Gasteiger partial charge on any atom is 0.290 e. The topological polar surface area (TPSA) is 98.8 Å². The zero-order chi connectivity index (χ0) is 26.6. The van der Waals surface area contributed by atoms with E-state index in [1.54, 1.807) is 55.2 Å². The maximum absolute atomic E-state index is 13.2. The molecule has 1 aliphatic carbocycles. The van der Waals surface area contributed by atoms with E-state index in [0.29, 0.717) is 46.3 Å². The largest absolute Gasteiger partial charge is 0.493 e. The normalized spacial score (nSPS) is 12.7. The molecule has 5 rings (SSSR count). The second kappa shape index (κ2) is 11.0. The summed E-state index contributed by atoms with van der Waals surface area (Å²) in [6.07, 6.45) is 5.34. The molecular weight excluding hydrogens is 508 g/mol. The highest BCUT2D eigenvalue weighted by Gasteiger charge is 2.30. The molecule has 2 amide bonds. The Morgan fingerprint density at radius 1 is 1.11 bits per heavy atom. The molecule has 0 aliphatic heterocycles. The summed E-state index contributed by atoms with van der Waals surface area (Å²) in [5.74, 6) is 1.31. The van der Waals surface area contributed by atoms with Crippen molar-refractivity contribution in [3.8, 4) is 28.4 Å². The standard InChI is InChI=1S/C28H27ClN4O5/c1-36-23-12-11-21(14-25(23)37-2)33-16-22(19-7-9-20(29)10-8-19)30-28(33)31-26(34)17-32(15-18-5-6-18)27(35)24-4-3-13-38-24/h3-4,7-14,16,18H,5-6,15,17H2,1-2H3,(H,30,31,34). The number of hydrogen-bond acceptors (Lipinski definition) is 6. The number of carbonyl (C=O) groups excluding carboxylic acids is 2. The molecule has 2 aromatic heterocycles. The third-order valence-electron chi connectivity index (χ3n) is 6.27. The lowest BCUT2D eigenvalue weighted by Gasteiger charge is -2.21. The van der Waals surface area contributed by atoms with Gasteiger partial charge >= 0.3 is 0 Å². The zero-order valence-corrected chi connectivity index (χ0v) is 21.8. The number of amides is 2. The molecule has 2 heterocycles. The van der Waals surface area contributed by atoms with Gasteiger partial charge in [-0.15, -0.1) is 0 Å². The number of hydrogen-bond donors (Lipinski definition) is 1. The lowest BCUT2D eigenvalue weighted by atomic mass is 10.2. The third-order valence-corrected chi connectivity index (χ3v) is 6.52. The number of furan rings is 1.